The van der Waals surface area contributed by atoms with Gasteiger partial charge in [-0.2, -0.15) is 0 Å². The minimum absolute atomic E-state index is 0.0758. The molecule has 4 rings (SSSR count). The fourth-order valence-electron chi connectivity index (χ4n) is 5.24. The molecular weight excluding hydrogens is 431 g/mol. The van der Waals surface area contributed by atoms with Gasteiger partial charge in [-0.05, 0) is 69.8 Å². The normalized spacial score (nSPS) is 20.3. The number of hydrogen-bond acceptors (Lipinski definition) is 4. The zero-order valence-electron chi connectivity index (χ0n) is 20.4. The maximum Gasteiger partial charge on any atom is 0.224 e. The molecule has 6 nitrogen and oxygen atoms in total. The van der Waals surface area contributed by atoms with Gasteiger partial charge in [0.25, 0.3) is 0 Å². The lowest BCUT2D eigenvalue weighted by atomic mass is 9.91. The number of ketones is 1. The predicted octanol–water partition coefficient (Wildman–Crippen LogP) is 5.03. The molecule has 1 saturated heterocycles. The Kier molecular flexibility index (Phi) is 7.81. The van der Waals surface area contributed by atoms with Crippen molar-refractivity contribution >= 4 is 11.7 Å². The number of amides is 1. The lowest BCUT2D eigenvalue weighted by Gasteiger charge is -2.30. The zero-order chi connectivity index (χ0) is 24.1. The second-order valence-corrected chi connectivity index (χ2v) is 10.1. The monoisotopic (exact) mass is 468 g/mol. The summed E-state index contributed by atoms with van der Waals surface area (Å²) in [6.45, 7) is 3.99. The first-order valence-electron chi connectivity index (χ1n) is 12.7. The first-order chi connectivity index (χ1) is 16.4. The van der Waals surface area contributed by atoms with Crippen molar-refractivity contribution in [1.29, 1.82) is 0 Å². The minimum atomic E-state index is -0.305. The van der Waals surface area contributed by atoms with Crippen LogP contribution < -0.4 is 5.32 Å². The minimum Gasteiger partial charge on any atom is -0.346 e. The number of piperidine rings is 1. The van der Waals surface area contributed by atoms with Crippen molar-refractivity contribution in [1.82, 2.24) is 20.2 Å². The average Bonchev–Trinajstić information content (AvgIpc) is 3.32. The summed E-state index contributed by atoms with van der Waals surface area (Å²) in [6.07, 6.45) is 9.39. The van der Waals surface area contributed by atoms with E-state index in [1.807, 2.05) is 6.92 Å². The van der Waals surface area contributed by atoms with Crippen LogP contribution in [0.15, 0.2) is 30.5 Å². The summed E-state index contributed by atoms with van der Waals surface area (Å²) in [4.78, 5) is 34.9. The van der Waals surface area contributed by atoms with Gasteiger partial charge in [0.2, 0.25) is 5.91 Å². The third-order valence-electron chi connectivity index (χ3n) is 7.74. The van der Waals surface area contributed by atoms with Crippen LogP contribution >= 0.6 is 0 Å². The van der Waals surface area contributed by atoms with Gasteiger partial charge in [0.15, 0.2) is 0 Å². The number of H-pyrrole nitrogens is 1. The maximum absolute atomic E-state index is 14.3. The van der Waals surface area contributed by atoms with Gasteiger partial charge < -0.3 is 15.2 Å². The molecule has 7 heteroatoms. The first-order valence-corrected chi connectivity index (χ1v) is 12.7. The molecule has 1 amide bonds. The molecule has 0 unspecified atom stereocenters. The van der Waals surface area contributed by atoms with Crippen LogP contribution in [0, 0.1) is 17.2 Å². The highest BCUT2D eigenvalue weighted by atomic mass is 19.1. The number of Topliss-reactive ketones (excluding diaryl/α,β-unsaturated/α-hetero) is 1. The van der Waals surface area contributed by atoms with Crippen LogP contribution in [0.5, 0.6) is 0 Å². The van der Waals surface area contributed by atoms with Crippen LogP contribution in [0.1, 0.15) is 76.6 Å². The van der Waals surface area contributed by atoms with Crippen molar-refractivity contribution in [3.05, 3.63) is 42.1 Å². The molecule has 2 fully saturated rings. The van der Waals surface area contributed by atoms with Crippen LogP contribution in [0.25, 0.3) is 11.3 Å². The summed E-state index contributed by atoms with van der Waals surface area (Å²) in [5.74, 6) is 0.837. The van der Waals surface area contributed by atoms with Crippen molar-refractivity contribution < 1.29 is 14.0 Å². The van der Waals surface area contributed by atoms with E-state index in [1.165, 1.54) is 6.07 Å². The largest absolute Gasteiger partial charge is 0.346 e. The highest BCUT2D eigenvalue weighted by Gasteiger charge is 2.58. The smallest absolute Gasteiger partial charge is 0.224 e. The third-order valence-corrected chi connectivity index (χ3v) is 7.74. The fourth-order valence-corrected chi connectivity index (χ4v) is 5.24. The molecule has 0 bridgehead atoms. The number of rotatable bonds is 11. The second kappa shape index (κ2) is 10.8. The molecule has 2 aliphatic rings. The van der Waals surface area contributed by atoms with Gasteiger partial charge in [-0.25, -0.2) is 9.37 Å². The number of carbonyl (C=O) groups is 2. The molecule has 1 aliphatic heterocycles. The number of halogens is 1. The predicted molar refractivity (Wildman–Crippen MR) is 131 cm³/mol. The van der Waals surface area contributed by atoms with E-state index >= 15 is 0 Å². The Hall–Kier alpha value is -2.54. The number of aromatic nitrogens is 2. The van der Waals surface area contributed by atoms with Gasteiger partial charge in [-0.1, -0.05) is 31.9 Å². The number of likely N-dealkylation sites (tertiary alicyclic amines) is 1. The number of nitrogens with zero attached hydrogens (tertiary/aromatic N) is 2. The molecule has 1 aliphatic carbocycles. The van der Waals surface area contributed by atoms with Crippen LogP contribution in [-0.4, -0.2) is 46.7 Å². The summed E-state index contributed by atoms with van der Waals surface area (Å²) in [6, 6.07) is 6.36. The molecule has 2 heterocycles. The number of hydrogen-bond donors (Lipinski definition) is 2. The molecule has 184 valence electrons. The van der Waals surface area contributed by atoms with E-state index in [4.69, 9.17) is 0 Å². The number of nitrogens with one attached hydrogen (secondary N) is 2. The van der Waals surface area contributed by atoms with E-state index in [9.17, 15) is 14.0 Å². The van der Waals surface area contributed by atoms with E-state index in [0.29, 0.717) is 35.7 Å². The molecule has 2 atom stereocenters. The van der Waals surface area contributed by atoms with Crippen molar-refractivity contribution in [3.63, 3.8) is 0 Å². The molecule has 34 heavy (non-hydrogen) atoms. The Labute approximate surface area is 201 Å². The topological polar surface area (TPSA) is 78.1 Å². The lowest BCUT2D eigenvalue weighted by molar-refractivity contribution is -0.124. The first kappa shape index (κ1) is 24.6. The Bertz CT molecular complexity index is 996. The molecule has 1 aromatic heterocycles. The van der Waals surface area contributed by atoms with Crippen LogP contribution in [-0.2, 0) is 9.59 Å². The van der Waals surface area contributed by atoms with Crippen molar-refractivity contribution in [3.8, 4) is 11.3 Å². The molecule has 1 saturated carbocycles. The Morgan fingerprint density at radius 3 is 2.74 bits per heavy atom. The van der Waals surface area contributed by atoms with Gasteiger partial charge in [0.05, 0.1) is 17.9 Å². The van der Waals surface area contributed by atoms with Gasteiger partial charge in [-0.15, -0.1) is 0 Å². The van der Waals surface area contributed by atoms with Gasteiger partial charge >= 0.3 is 0 Å². The number of aromatic amines is 1. The number of benzene rings is 1. The number of imidazole rings is 1. The van der Waals surface area contributed by atoms with E-state index in [-0.39, 0.29) is 29.1 Å². The van der Waals surface area contributed by atoms with Crippen LogP contribution in [0.2, 0.25) is 0 Å². The lowest BCUT2D eigenvalue weighted by Crippen LogP contribution is -2.36. The number of carbonyl (C=O) groups excluding carboxylic acids is 2. The van der Waals surface area contributed by atoms with Gasteiger partial charge in [-0.3, -0.25) is 9.59 Å². The summed E-state index contributed by atoms with van der Waals surface area (Å²) in [7, 11) is 2.14. The van der Waals surface area contributed by atoms with E-state index in [2.05, 4.69) is 27.2 Å². The molecule has 2 aromatic rings. The quantitative estimate of drug-likeness (QED) is 0.453. The average molecular weight is 469 g/mol. The third kappa shape index (κ3) is 5.74. The highest BCUT2D eigenvalue weighted by Crippen LogP contribution is 2.59. The van der Waals surface area contributed by atoms with Crippen molar-refractivity contribution in [2.24, 2.45) is 11.3 Å². The zero-order valence-corrected chi connectivity index (χ0v) is 20.4. The standard InChI is InChI=1S/C27H37FN4O2/c1-3-19(33)9-5-4-6-12-23(25-29-18-24(30-25)20-10-7-8-11-22(20)28)31-26(34)21-17-27(21)13-15-32(2)16-14-27/h7-8,10-11,18,21,23H,3-6,9,12-17H2,1-2H3,(H,29,30)(H,31,34)/t21-,23+/m1/s1. The molecule has 1 aromatic carbocycles. The van der Waals surface area contributed by atoms with E-state index in [0.717, 1.165) is 58.0 Å². The molecule has 0 radical (unpaired) electrons. The van der Waals surface area contributed by atoms with E-state index < -0.39 is 0 Å². The molecule has 1 spiro atoms. The summed E-state index contributed by atoms with van der Waals surface area (Å²) in [5, 5.41) is 3.26. The van der Waals surface area contributed by atoms with Crippen molar-refractivity contribution in [2.45, 2.75) is 70.8 Å². The summed E-state index contributed by atoms with van der Waals surface area (Å²) in [5.41, 5.74) is 1.25. The highest BCUT2D eigenvalue weighted by molar-refractivity contribution is 5.83. The Morgan fingerprint density at radius 1 is 1.24 bits per heavy atom. The van der Waals surface area contributed by atoms with Gasteiger partial charge in [0.1, 0.15) is 17.4 Å². The fraction of sp³-hybridized carbons (Fsp3) is 0.593. The number of unbranched alkanes of at least 4 members (excludes halogenated alkanes) is 2. The van der Waals surface area contributed by atoms with Crippen molar-refractivity contribution in [2.75, 3.05) is 20.1 Å². The van der Waals surface area contributed by atoms with Crippen LogP contribution in [0.4, 0.5) is 4.39 Å². The molecule has 2 N–H and O–H groups in total. The van der Waals surface area contributed by atoms with Crippen LogP contribution in [0.3, 0.4) is 0 Å². The molecular formula is C27H37FN4O2. The Morgan fingerprint density at radius 2 is 2.00 bits per heavy atom. The second-order valence-electron chi connectivity index (χ2n) is 10.1. The van der Waals surface area contributed by atoms with Gasteiger partial charge in [0, 0.05) is 24.3 Å². The SMILES string of the molecule is CCC(=O)CCCCC[C@H](NC(=O)[C@H]1CC12CCN(C)CC2)c1ncc(-c2ccccc2F)[nH]1. The summed E-state index contributed by atoms with van der Waals surface area (Å²) >= 11 is 0. The van der Waals surface area contributed by atoms with E-state index in [1.54, 1.807) is 24.4 Å². The summed E-state index contributed by atoms with van der Waals surface area (Å²) < 4.78 is 14.3. The Balaban J connectivity index is 1.41. The maximum atomic E-state index is 14.3.